The largest absolute Gasteiger partial charge is 0.361 e. The van der Waals surface area contributed by atoms with E-state index in [1.54, 1.807) is 6.07 Å². The molecule has 2 fully saturated rings. The molecular formula is C21H29N5O3. The van der Waals surface area contributed by atoms with Crippen molar-refractivity contribution in [1.29, 1.82) is 0 Å². The van der Waals surface area contributed by atoms with Crippen molar-refractivity contribution in [3.05, 3.63) is 29.3 Å². The van der Waals surface area contributed by atoms with Gasteiger partial charge >= 0.3 is 0 Å². The number of hydrogen-bond donors (Lipinski definition) is 3. The van der Waals surface area contributed by atoms with Crippen molar-refractivity contribution in [3.63, 3.8) is 0 Å². The highest BCUT2D eigenvalue weighted by Crippen LogP contribution is 2.37. The molecule has 2 aliphatic carbocycles. The van der Waals surface area contributed by atoms with Gasteiger partial charge in [-0.2, -0.15) is 5.10 Å². The van der Waals surface area contributed by atoms with Crippen LogP contribution < -0.4 is 10.6 Å². The minimum Gasteiger partial charge on any atom is -0.361 e. The number of rotatable bonds is 6. The number of carbonyl (C=O) groups excluding carboxylic acids is 2. The Kier molecular flexibility index (Phi) is 5.43. The molecule has 0 aliphatic heterocycles. The second-order valence-corrected chi connectivity index (χ2v) is 8.82. The third-order valence-electron chi connectivity index (χ3n) is 6.08. The zero-order valence-corrected chi connectivity index (χ0v) is 17.1. The van der Waals surface area contributed by atoms with Crippen LogP contribution >= 0.6 is 0 Å². The van der Waals surface area contributed by atoms with Crippen molar-refractivity contribution in [2.75, 3.05) is 5.32 Å². The molecule has 2 aromatic heterocycles. The maximum absolute atomic E-state index is 12.5. The Labute approximate surface area is 170 Å². The molecule has 0 bridgehead atoms. The molecular weight excluding hydrogens is 370 g/mol. The molecule has 0 radical (unpaired) electrons. The van der Waals surface area contributed by atoms with Crippen LogP contribution in [-0.2, 0) is 16.0 Å². The molecule has 2 aliphatic rings. The summed E-state index contributed by atoms with van der Waals surface area (Å²) in [6.45, 7) is 3.94. The second kappa shape index (κ2) is 8.00. The first kappa shape index (κ1) is 19.7. The van der Waals surface area contributed by atoms with E-state index in [0.717, 1.165) is 56.3 Å². The Hall–Kier alpha value is -2.64. The summed E-state index contributed by atoms with van der Waals surface area (Å²) in [5, 5.41) is 17.1. The topological polar surface area (TPSA) is 113 Å². The summed E-state index contributed by atoms with van der Waals surface area (Å²) in [5.74, 6) is 1.51. The highest BCUT2D eigenvalue weighted by Gasteiger charge is 2.40. The molecule has 2 atom stereocenters. The molecule has 0 unspecified atom stereocenters. The predicted octanol–water partition coefficient (Wildman–Crippen LogP) is 3.22. The van der Waals surface area contributed by atoms with Gasteiger partial charge in [0.1, 0.15) is 5.76 Å². The minimum absolute atomic E-state index is 0.0453. The van der Waals surface area contributed by atoms with Gasteiger partial charge in [-0.25, -0.2) is 0 Å². The van der Waals surface area contributed by atoms with Gasteiger partial charge in [-0.1, -0.05) is 11.6 Å². The number of anilines is 1. The molecule has 2 aromatic rings. The molecule has 156 valence electrons. The Morgan fingerprint density at radius 1 is 1.24 bits per heavy atom. The normalized spacial score (nSPS) is 23.2. The number of nitrogens with zero attached hydrogens (tertiary/aromatic N) is 2. The van der Waals surface area contributed by atoms with Crippen LogP contribution in [0.2, 0.25) is 0 Å². The van der Waals surface area contributed by atoms with Crippen molar-refractivity contribution in [2.45, 2.75) is 76.7 Å². The van der Waals surface area contributed by atoms with E-state index in [4.69, 9.17) is 4.52 Å². The summed E-state index contributed by atoms with van der Waals surface area (Å²) in [4.78, 5) is 24.7. The molecule has 4 rings (SSSR count). The lowest BCUT2D eigenvalue weighted by atomic mass is 9.95. The second-order valence-electron chi connectivity index (χ2n) is 8.82. The fourth-order valence-electron chi connectivity index (χ4n) is 4.04. The SMILES string of the molecule is Cc1cc(CC(=O)Nc2cc([C@H]3CCC[C@@H](C(=O)NC4(C)CC4)CC3)[nH]n2)on1. The summed E-state index contributed by atoms with van der Waals surface area (Å²) in [6, 6.07) is 3.65. The number of H-pyrrole nitrogens is 1. The van der Waals surface area contributed by atoms with E-state index in [2.05, 4.69) is 32.9 Å². The molecule has 2 amide bonds. The number of aryl methyl sites for hydroxylation is 1. The van der Waals surface area contributed by atoms with Gasteiger partial charge < -0.3 is 15.2 Å². The standard InChI is InChI=1S/C21H29N5O3/c1-13-10-16(29-26-13)11-19(27)22-18-12-17(24-25-18)14-4-3-5-15(7-6-14)20(28)23-21(2)8-9-21/h10,12,14-15H,3-9,11H2,1-2H3,(H,23,28)(H2,22,24,25,27)/t14-,15+/m0/s1. The van der Waals surface area contributed by atoms with Crippen LogP contribution in [0.25, 0.3) is 0 Å². The van der Waals surface area contributed by atoms with Crippen LogP contribution in [0.5, 0.6) is 0 Å². The van der Waals surface area contributed by atoms with Crippen LogP contribution in [-0.4, -0.2) is 32.7 Å². The quantitative estimate of drug-likeness (QED) is 0.646. The van der Waals surface area contributed by atoms with Gasteiger partial charge in [0.2, 0.25) is 11.8 Å². The fraction of sp³-hybridized carbons (Fsp3) is 0.619. The smallest absolute Gasteiger partial charge is 0.233 e. The summed E-state index contributed by atoms with van der Waals surface area (Å²) in [6.07, 6.45) is 7.12. The number of aromatic nitrogens is 3. The maximum Gasteiger partial charge on any atom is 0.233 e. The highest BCUT2D eigenvalue weighted by molar-refractivity contribution is 5.91. The molecule has 8 nitrogen and oxygen atoms in total. The average Bonchev–Trinajstić information content (AvgIpc) is 3.11. The Bertz CT molecular complexity index is 883. The molecule has 0 saturated heterocycles. The summed E-state index contributed by atoms with van der Waals surface area (Å²) >= 11 is 0. The molecule has 8 heteroatoms. The molecule has 2 saturated carbocycles. The minimum atomic E-state index is -0.189. The summed E-state index contributed by atoms with van der Waals surface area (Å²) < 4.78 is 5.08. The van der Waals surface area contributed by atoms with E-state index >= 15 is 0 Å². The van der Waals surface area contributed by atoms with E-state index in [1.165, 1.54) is 0 Å². The van der Waals surface area contributed by atoms with Crippen LogP contribution in [0.15, 0.2) is 16.7 Å². The molecule has 29 heavy (non-hydrogen) atoms. The van der Waals surface area contributed by atoms with Crippen molar-refractivity contribution in [3.8, 4) is 0 Å². The third kappa shape index (κ3) is 5.05. The lowest BCUT2D eigenvalue weighted by molar-refractivity contribution is -0.126. The molecule has 0 spiro atoms. The van der Waals surface area contributed by atoms with Crippen molar-refractivity contribution in [2.24, 2.45) is 5.92 Å². The van der Waals surface area contributed by atoms with Gasteiger partial charge in [-0.05, 0) is 52.4 Å². The Balaban J connectivity index is 1.29. The number of amides is 2. The number of carbonyl (C=O) groups is 2. The molecule has 3 N–H and O–H groups in total. The predicted molar refractivity (Wildman–Crippen MR) is 107 cm³/mol. The highest BCUT2D eigenvalue weighted by atomic mass is 16.5. The third-order valence-corrected chi connectivity index (χ3v) is 6.08. The molecule has 0 aromatic carbocycles. The number of hydrogen-bond acceptors (Lipinski definition) is 5. The van der Waals surface area contributed by atoms with Gasteiger partial charge in [0.15, 0.2) is 5.82 Å². The van der Waals surface area contributed by atoms with E-state index < -0.39 is 0 Å². The van der Waals surface area contributed by atoms with Crippen molar-refractivity contribution < 1.29 is 14.1 Å². The van der Waals surface area contributed by atoms with Crippen molar-refractivity contribution in [1.82, 2.24) is 20.7 Å². The summed E-state index contributed by atoms with van der Waals surface area (Å²) in [7, 11) is 0. The van der Waals surface area contributed by atoms with E-state index in [1.807, 2.05) is 13.0 Å². The van der Waals surface area contributed by atoms with Crippen LogP contribution in [0.4, 0.5) is 5.82 Å². The van der Waals surface area contributed by atoms with Crippen molar-refractivity contribution >= 4 is 17.6 Å². The van der Waals surface area contributed by atoms with E-state index in [9.17, 15) is 9.59 Å². The maximum atomic E-state index is 12.5. The van der Waals surface area contributed by atoms with Gasteiger partial charge in [-0.15, -0.1) is 0 Å². The first-order chi connectivity index (χ1) is 13.9. The first-order valence-electron chi connectivity index (χ1n) is 10.5. The lowest BCUT2D eigenvalue weighted by Gasteiger charge is -2.18. The van der Waals surface area contributed by atoms with Crippen LogP contribution in [0.3, 0.4) is 0 Å². The fourth-order valence-corrected chi connectivity index (χ4v) is 4.04. The van der Waals surface area contributed by atoms with Gasteiger partial charge in [0.05, 0.1) is 12.1 Å². The molecule has 2 heterocycles. The Morgan fingerprint density at radius 2 is 2.07 bits per heavy atom. The lowest BCUT2D eigenvalue weighted by Crippen LogP contribution is -2.38. The zero-order valence-electron chi connectivity index (χ0n) is 17.1. The number of nitrogens with one attached hydrogen (secondary N) is 3. The Morgan fingerprint density at radius 3 is 2.79 bits per heavy atom. The monoisotopic (exact) mass is 399 g/mol. The number of aromatic amines is 1. The zero-order chi connectivity index (χ0) is 20.4. The van der Waals surface area contributed by atoms with Gasteiger partial charge in [-0.3, -0.25) is 14.7 Å². The first-order valence-corrected chi connectivity index (χ1v) is 10.5. The summed E-state index contributed by atoms with van der Waals surface area (Å²) in [5.41, 5.74) is 1.82. The van der Waals surface area contributed by atoms with E-state index in [-0.39, 0.29) is 29.7 Å². The average molecular weight is 399 g/mol. The van der Waals surface area contributed by atoms with Crippen LogP contribution in [0.1, 0.15) is 74.9 Å². The van der Waals surface area contributed by atoms with Gasteiger partial charge in [0.25, 0.3) is 0 Å². The van der Waals surface area contributed by atoms with E-state index in [0.29, 0.717) is 17.5 Å². The van der Waals surface area contributed by atoms with Crippen LogP contribution in [0, 0.1) is 12.8 Å². The van der Waals surface area contributed by atoms with Gasteiger partial charge in [0, 0.05) is 35.2 Å².